The Hall–Kier alpha value is -1.75. The molecule has 0 aliphatic carbocycles. The van der Waals surface area contributed by atoms with Crippen LogP contribution in [0.4, 0.5) is 0 Å². The standard InChI is InChI=1S/C13H19N5/c1-3-14-11(13-16-7-4-8-17-13)5-6-12-15-9-10-18(12)2/h4,7-11,14H,3,5-6H2,1-2H3. The molecule has 0 amide bonds. The average Bonchev–Trinajstić information content (AvgIpc) is 2.81. The first kappa shape index (κ1) is 12.7. The molecule has 96 valence electrons. The van der Waals surface area contributed by atoms with E-state index in [0.717, 1.165) is 31.0 Å². The third-order valence-corrected chi connectivity index (χ3v) is 2.93. The van der Waals surface area contributed by atoms with Gasteiger partial charge in [-0.1, -0.05) is 6.92 Å². The molecule has 1 atom stereocenters. The number of hydrogen-bond donors (Lipinski definition) is 1. The molecule has 2 aromatic rings. The zero-order chi connectivity index (χ0) is 12.8. The molecule has 0 aromatic carbocycles. The van der Waals surface area contributed by atoms with E-state index in [1.807, 2.05) is 25.5 Å². The molecule has 18 heavy (non-hydrogen) atoms. The number of nitrogens with zero attached hydrogens (tertiary/aromatic N) is 4. The number of aromatic nitrogens is 4. The summed E-state index contributed by atoms with van der Waals surface area (Å²) >= 11 is 0. The van der Waals surface area contributed by atoms with Crippen LogP contribution in [0.5, 0.6) is 0 Å². The van der Waals surface area contributed by atoms with Gasteiger partial charge in [-0.25, -0.2) is 15.0 Å². The molecule has 0 spiro atoms. The topological polar surface area (TPSA) is 55.6 Å². The molecule has 0 fully saturated rings. The van der Waals surface area contributed by atoms with E-state index in [-0.39, 0.29) is 6.04 Å². The summed E-state index contributed by atoms with van der Waals surface area (Å²) < 4.78 is 2.05. The van der Waals surface area contributed by atoms with Crippen molar-refractivity contribution in [2.45, 2.75) is 25.8 Å². The lowest BCUT2D eigenvalue weighted by molar-refractivity contribution is 0.482. The number of nitrogens with one attached hydrogen (secondary N) is 1. The van der Waals surface area contributed by atoms with E-state index in [9.17, 15) is 0 Å². The van der Waals surface area contributed by atoms with Crippen molar-refractivity contribution in [3.8, 4) is 0 Å². The highest BCUT2D eigenvalue weighted by Crippen LogP contribution is 2.14. The molecule has 5 heteroatoms. The van der Waals surface area contributed by atoms with Gasteiger partial charge in [-0.15, -0.1) is 0 Å². The van der Waals surface area contributed by atoms with E-state index in [1.54, 1.807) is 12.4 Å². The number of aryl methyl sites for hydroxylation is 2. The second-order valence-corrected chi connectivity index (χ2v) is 4.21. The zero-order valence-electron chi connectivity index (χ0n) is 10.9. The molecule has 2 heterocycles. The Morgan fingerprint density at radius 3 is 2.61 bits per heavy atom. The second-order valence-electron chi connectivity index (χ2n) is 4.21. The Kier molecular flexibility index (Phi) is 4.41. The molecule has 0 saturated heterocycles. The Bertz CT molecular complexity index is 465. The van der Waals surface area contributed by atoms with Crippen LogP contribution in [0.25, 0.3) is 0 Å². The SMILES string of the molecule is CCNC(CCc1nccn1C)c1ncccn1. The maximum absolute atomic E-state index is 4.34. The van der Waals surface area contributed by atoms with Gasteiger partial charge in [0, 0.05) is 38.3 Å². The largest absolute Gasteiger partial charge is 0.338 e. The molecule has 0 bridgehead atoms. The second kappa shape index (κ2) is 6.26. The Labute approximate surface area is 107 Å². The van der Waals surface area contributed by atoms with Gasteiger partial charge in [0.25, 0.3) is 0 Å². The fourth-order valence-electron chi connectivity index (χ4n) is 1.97. The van der Waals surface area contributed by atoms with Gasteiger partial charge in [-0.3, -0.25) is 0 Å². The number of hydrogen-bond acceptors (Lipinski definition) is 4. The lowest BCUT2D eigenvalue weighted by Gasteiger charge is -2.15. The fourth-order valence-corrected chi connectivity index (χ4v) is 1.97. The molecule has 0 radical (unpaired) electrons. The van der Waals surface area contributed by atoms with Crippen molar-refractivity contribution in [2.24, 2.45) is 7.05 Å². The van der Waals surface area contributed by atoms with E-state index in [1.165, 1.54) is 0 Å². The first-order valence-corrected chi connectivity index (χ1v) is 6.27. The van der Waals surface area contributed by atoms with Crippen LogP contribution >= 0.6 is 0 Å². The quantitative estimate of drug-likeness (QED) is 0.838. The van der Waals surface area contributed by atoms with Crippen molar-refractivity contribution in [1.82, 2.24) is 24.8 Å². The normalized spacial score (nSPS) is 12.6. The fraction of sp³-hybridized carbons (Fsp3) is 0.462. The summed E-state index contributed by atoms with van der Waals surface area (Å²) in [5, 5.41) is 3.42. The predicted molar refractivity (Wildman–Crippen MR) is 70.0 cm³/mol. The smallest absolute Gasteiger partial charge is 0.145 e. The van der Waals surface area contributed by atoms with Crippen molar-refractivity contribution < 1.29 is 0 Å². The highest BCUT2D eigenvalue weighted by Gasteiger charge is 2.13. The monoisotopic (exact) mass is 245 g/mol. The van der Waals surface area contributed by atoms with Crippen molar-refractivity contribution in [1.29, 1.82) is 0 Å². The first-order valence-electron chi connectivity index (χ1n) is 6.27. The predicted octanol–water partition coefficient (Wildman–Crippen LogP) is 1.49. The van der Waals surface area contributed by atoms with E-state index < -0.39 is 0 Å². The van der Waals surface area contributed by atoms with E-state index in [0.29, 0.717) is 0 Å². The summed E-state index contributed by atoms with van der Waals surface area (Å²) in [6, 6.07) is 2.03. The third-order valence-electron chi connectivity index (χ3n) is 2.93. The molecule has 0 saturated carbocycles. The minimum absolute atomic E-state index is 0.188. The van der Waals surface area contributed by atoms with Crippen molar-refractivity contribution in [3.05, 3.63) is 42.5 Å². The van der Waals surface area contributed by atoms with Gasteiger partial charge >= 0.3 is 0 Å². The molecule has 1 unspecified atom stereocenters. The summed E-state index contributed by atoms with van der Waals surface area (Å²) in [6.45, 7) is 3.00. The van der Waals surface area contributed by atoms with Crippen LogP contribution in [0.15, 0.2) is 30.9 Å². The van der Waals surface area contributed by atoms with Crippen molar-refractivity contribution in [2.75, 3.05) is 6.54 Å². The van der Waals surface area contributed by atoms with Gasteiger partial charge in [0.05, 0.1) is 6.04 Å². The van der Waals surface area contributed by atoms with Crippen LogP contribution in [0.1, 0.15) is 31.0 Å². The summed E-state index contributed by atoms with van der Waals surface area (Å²) in [7, 11) is 2.02. The van der Waals surface area contributed by atoms with Crippen LogP contribution < -0.4 is 5.32 Å². The minimum atomic E-state index is 0.188. The summed E-state index contributed by atoms with van der Waals surface area (Å²) in [5.41, 5.74) is 0. The lowest BCUT2D eigenvalue weighted by Crippen LogP contribution is -2.23. The highest BCUT2D eigenvalue weighted by atomic mass is 15.0. The van der Waals surface area contributed by atoms with Crippen molar-refractivity contribution >= 4 is 0 Å². The van der Waals surface area contributed by atoms with Crippen LogP contribution in [0.2, 0.25) is 0 Å². The van der Waals surface area contributed by atoms with E-state index in [4.69, 9.17) is 0 Å². The van der Waals surface area contributed by atoms with Crippen molar-refractivity contribution in [3.63, 3.8) is 0 Å². The number of imidazole rings is 1. The van der Waals surface area contributed by atoms with Gasteiger partial charge in [0.15, 0.2) is 0 Å². The Morgan fingerprint density at radius 1 is 1.22 bits per heavy atom. The summed E-state index contributed by atoms with van der Waals surface area (Å²) in [6.07, 6.45) is 9.23. The van der Waals surface area contributed by atoms with Gasteiger partial charge < -0.3 is 9.88 Å². The molecular formula is C13H19N5. The minimum Gasteiger partial charge on any atom is -0.338 e. The van der Waals surface area contributed by atoms with Gasteiger partial charge in [0.1, 0.15) is 11.6 Å². The highest BCUT2D eigenvalue weighted by molar-refractivity contribution is 4.98. The molecule has 5 nitrogen and oxygen atoms in total. The van der Waals surface area contributed by atoms with Gasteiger partial charge in [-0.05, 0) is 19.0 Å². The van der Waals surface area contributed by atoms with E-state index >= 15 is 0 Å². The third kappa shape index (κ3) is 3.13. The molecule has 1 N–H and O–H groups in total. The maximum Gasteiger partial charge on any atom is 0.145 e. The molecule has 2 rings (SSSR count). The van der Waals surface area contributed by atoms with E-state index in [2.05, 4.69) is 31.8 Å². The van der Waals surface area contributed by atoms with Gasteiger partial charge in [-0.2, -0.15) is 0 Å². The summed E-state index contributed by atoms with van der Waals surface area (Å²) in [5.74, 6) is 1.95. The molecule has 0 aliphatic heterocycles. The lowest BCUT2D eigenvalue weighted by atomic mass is 10.1. The molecule has 2 aromatic heterocycles. The Balaban J connectivity index is 2.01. The zero-order valence-corrected chi connectivity index (χ0v) is 10.9. The van der Waals surface area contributed by atoms with Gasteiger partial charge in [0.2, 0.25) is 0 Å². The van der Waals surface area contributed by atoms with Crippen LogP contribution in [-0.4, -0.2) is 26.1 Å². The maximum atomic E-state index is 4.34. The van der Waals surface area contributed by atoms with Crippen LogP contribution in [0.3, 0.4) is 0 Å². The molecule has 0 aliphatic rings. The van der Waals surface area contributed by atoms with Crippen LogP contribution in [-0.2, 0) is 13.5 Å². The Morgan fingerprint density at radius 2 is 2.00 bits per heavy atom. The first-order chi connectivity index (χ1) is 8.81. The summed E-state index contributed by atoms with van der Waals surface area (Å²) in [4.78, 5) is 13.0. The van der Waals surface area contributed by atoms with Crippen LogP contribution in [0, 0.1) is 0 Å². The average molecular weight is 245 g/mol. The number of rotatable bonds is 6. The molecular weight excluding hydrogens is 226 g/mol.